The SMILES string of the molecule is C[C@H]1CNCCN1c1nc(-c2ccnc3[nH]c(-c4ncccc4F)cc23)nc2cncc(C3CCC3)c12. The number of nitrogens with one attached hydrogen (secondary N) is 2. The van der Waals surface area contributed by atoms with Crippen LogP contribution in [0.1, 0.15) is 37.7 Å². The Morgan fingerprint density at radius 1 is 1.08 bits per heavy atom. The van der Waals surface area contributed by atoms with Gasteiger partial charge in [0.1, 0.15) is 17.2 Å². The minimum atomic E-state index is -0.387. The van der Waals surface area contributed by atoms with Gasteiger partial charge in [0.25, 0.3) is 0 Å². The number of pyridine rings is 3. The molecule has 7 rings (SSSR count). The molecule has 6 heterocycles. The first kappa shape index (κ1) is 22.2. The van der Waals surface area contributed by atoms with E-state index in [1.54, 1.807) is 18.5 Å². The fraction of sp³-hybridized carbons (Fsp3) is 0.321. The Morgan fingerprint density at radius 3 is 2.81 bits per heavy atom. The molecule has 0 radical (unpaired) electrons. The van der Waals surface area contributed by atoms with Crippen LogP contribution in [0, 0.1) is 5.82 Å². The van der Waals surface area contributed by atoms with Crippen molar-refractivity contribution < 1.29 is 4.39 Å². The molecule has 0 amide bonds. The summed E-state index contributed by atoms with van der Waals surface area (Å²) in [6, 6.07) is 7.09. The first-order chi connectivity index (χ1) is 18.2. The minimum absolute atomic E-state index is 0.260. The second-order valence-corrected chi connectivity index (χ2v) is 10.0. The molecule has 0 spiro atoms. The molecule has 1 saturated carbocycles. The first-order valence-corrected chi connectivity index (χ1v) is 12.9. The summed E-state index contributed by atoms with van der Waals surface area (Å²) in [5.74, 6) is 1.70. The summed E-state index contributed by atoms with van der Waals surface area (Å²) in [4.78, 5) is 29.2. The Labute approximate surface area is 213 Å². The maximum absolute atomic E-state index is 14.5. The fourth-order valence-electron chi connectivity index (χ4n) is 5.53. The van der Waals surface area contributed by atoms with E-state index in [4.69, 9.17) is 9.97 Å². The number of rotatable bonds is 4. The Bertz CT molecular complexity index is 1630. The molecule has 1 saturated heterocycles. The molecule has 2 N–H and O–H groups in total. The summed E-state index contributed by atoms with van der Waals surface area (Å²) in [6.45, 7) is 4.92. The largest absolute Gasteiger partial charge is 0.351 e. The quantitative estimate of drug-likeness (QED) is 0.369. The van der Waals surface area contributed by atoms with Crippen LogP contribution in [-0.2, 0) is 0 Å². The average molecular weight is 495 g/mol. The highest BCUT2D eigenvalue weighted by Gasteiger charge is 2.29. The number of H-pyrrole nitrogens is 1. The number of fused-ring (bicyclic) bond motifs is 2. The van der Waals surface area contributed by atoms with Crippen molar-refractivity contribution in [2.45, 2.75) is 38.1 Å². The van der Waals surface area contributed by atoms with Gasteiger partial charge >= 0.3 is 0 Å². The van der Waals surface area contributed by atoms with Crippen molar-refractivity contribution >= 4 is 27.8 Å². The van der Waals surface area contributed by atoms with Crippen LogP contribution < -0.4 is 10.2 Å². The van der Waals surface area contributed by atoms with E-state index in [0.717, 1.165) is 47.3 Å². The van der Waals surface area contributed by atoms with Crippen LogP contribution in [0.4, 0.5) is 10.2 Å². The van der Waals surface area contributed by atoms with Crippen LogP contribution >= 0.6 is 0 Å². The molecule has 5 aromatic heterocycles. The van der Waals surface area contributed by atoms with E-state index >= 15 is 0 Å². The van der Waals surface area contributed by atoms with Crippen molar-refractivity contribution in [3.8, 4) is 22.8 Å². The molecule has 2 fully saturated rings. The number of nitrogens with zero attached hydrogens (tertiary/aromatic N) is 6. The smallest absolute Gasteiger partial charge is 0.163 e. The van der Waals surface area contributed by atoms with E-state index in [2.05, 4.69) is 37.1 Å². The van der Waals surface area contributed by atoms with Crippen LogP contribution in [0.25, 0.3) is 44.7 Å². The standard InChI is InChI=1S/C28H27FN8/c1-16-13-30-10-11-37(16)28-24-20(17-4-2-5-17)14-31-15-23(24)35-27(36-28)18-7-9-33-26-19(18)12-22(34-26)25-21(29)6-3-8-32-25/h3,6-9,12,14-17,30H,2,4-5,10-11,13H2,1H3,(H,33,34)/t16-/m0/s1. The topological polar surface area (TPSA) is 95.5 Å². The van der Waals surface area contributed by atoms with Crippen LogP contribution in [0.2, 0.25) is 0 Å². The molecule has 37 heavy (non-hydrogen) atoms. The number of anilines is 1. The average Bonchev–Trinajstić information content (AvgIpc) is 3.32. The zero-order valence-corrected chi connectivity index (χ0v) is 20.6. The van der Waals surface area contributed by atoms with Crippen LogP contribution in [-0.4, -0.2) is 55.6 Å². The number of halogens is 1. The van der Waals surface area contributed by atoms with Gasteiger partial charge in [0.2, 0.25) is 0 Å². The third-order valence-corrected chi connectivity index (χ3v) is 7.72. The molecule has 0 unspecified atom stereocenters. The Morgan fingerprint density at radius 2 is 2.00 bits per heavy atom. The van der Waals surface area contributed by atoms with Gasteiger partial charge in [0.05, 0.1) is 17.4 Å². The predicted octanol–water partition coefficient (Wildman–Crippen LogP) is 4.83. The number of piperazine rings is 1. The fourth-order valence-corrected chi connectivity index (χ4v) is 5.53. The zero-order chi connectivity index (χ0) is 24.9. The van der Waals surface area contributed by atoms with E-state index in [9.17, 15) is 4.39 Å². The maximum Gasteiger partial charge on any atom is 0.163 e. The molecule has 186 valence electrons. The summed E-state index contributed by atoms with van der Waals surface area (Å²) >= 11 is 0. The Kier molecular flexibility index (Phi) is 5.32. The van der Waals surface area contributed by atoms with Gasteiger partial charge in [0, 0.05) is 60.6 Å². The minimum Gasteiger partial charge on any atom is -0.351 e. The highest BCUT2D eigenvalue weighted by atomic mass is 19.1. The molecule has 5 aromatic rings. The van der Waals surface area contributed by atoms with E-state index in [0.29, 0.717) is 29.1 Å². The Hall–Kier alpha value is -3.98. The third kappa shape index (κ3) is 3.72. The number of aromatic nitrogens is 6. The molecule has 9 heteroatoms. The molecule has 2 aliphatic rings. The van der Waals surface area contributed by atoms with Gasteiger partial charge < -0.3 is 15.2 Å². The number of hydrogen-bond donors (Lipinski definition) is 2. The van der Waals surface area contributed by atoms with Crippen molar-refractivity contribution in [2.75, 3.05) is 24.5 Å². The van der Waals surface area contributed by atoms with E-state index in [1.807, 2.05) is 24.5 Å². The molecular formula is C28H27FN8. The van der Waals surface area contributed by atoms with Crippen molar-refractivity contribution in [3.05, 3.63) is 60.4 Å². The van der Waals surface area contributed by atoms with Gasteiger partial charge in [-0.2, -0.15) is 0 Å². The second-order valence-electron chi connectivity index (χ2n) is 10.0. The van der Waals surface area contributed by atoms with Crippen LogP contribution in [0.3, 0.4) is 0 Å². The predicted molar refractivity (Wildman–Crippen MR) is 142 cm³/mol. The van der Waals surface area contributed by atoms with Crippen LogP contribution in [0.15, 0.2) is 49.1 Å². The van der Waals surface area contributed by atoms with E-state index in [-0.39, 0.29) is 11.5 Å². The lowest BCUT2D eigenvalue weighted by Gasteiger charge is -2.36. The molecule has 0 bridgehead atoms. The van der Waals surface area contributed by atoms with Gasteiger partial charge in [-0.05, 0) is 55.5 Å². The third-order valence-electron chi connectivity index (χ3n) is 7.72. The molecule has 0 aromatic carbocycles. The van der Waals surface area contributed by atoms with E-state index < -0.39 is 0 Å². The van der Waals surface area contributed by atoms with Gasteiger partial charge in [-0.15, -0.1) is 0 Å². The molecule has 1 aliphatic heterocycles. The zero-order valence-electron chi connectivity index (χ0n) is 20.6. The lowest BCUT2D eigenvalue weighted by Crippen LogP contribution is -2.50. The molecule has 1 aliphatic carbocycles. The van der Waals surface area contributed by atoms with Gasteiger partial charge in [-0.3, -0.25) is 9.97 Å². The highest BCUT2D eigenvalue weighted by Crippen LogP contribution is 2.42. The summed E-state index contributed by atoms with van der Waals surface area (Å²) in [6.07, 6.45) is 10.8. The van der Waals surface area contributed by atoms with E-state index in [1.165, 1.54) is 30.9 Å². The first-order valence-electron chi connectivity index (χ1n) is 12.9. The summed E-state index contributed by atoms with van der Waals surface area (Å²) in [5, 5.41) is 5.43. The van der Waals surface area contributed by atoms with Crippen molar-refractivity contribution in [1.82, 2.24) is 35.2 Å². The highest BCUT2D eigenvalue weighted by molar-refractivity contribution is 5.98. The van der Waals surface area contributed by atoms with Crippen molar-refractivity contribution in [2.24, 2.45) is 0 Å². The second kappa shape index (κ2) is 8.85. The van der Waals surface area contributed by atoms with Gasteiger partial charge in [-0.25, -0.2) is 19.3 Å². The van der Waals surface area contributed by atoms with Crippen molar-refractivity contribution in [3.63, 3.8) is 0 Å². The number of hydrogen-bond acceptors (Lipinski definition) is 7. The van der Waals surface area contributed by atoms with Gasteiger partial charge in [0.15, 0.2) is 11.6 Å². The number of aromatic amines is 1. The monoisotopic (exact) mass is 494 g/mol. The summed E-state index contributed by atoms with van der Waals surface area (Å²) in [5.41, 5.74) is 4.41. The van der Waals surface area contributed by atoms with Crippen LogP contribution in [0.5, 0.6) is 0 Å². The Balaban J connectivity index is 1.44. The van der Waals surface area contributed by atoms with Gasteiger partial charge in [-0.1, -0.05) is 6.42 Å². The lowest BCUT2D eigenvalue weighted by atomic mass is 9.79. The normalized spacial score (nSPS) is 18.4. The molecule has 8 nitrogen and oxygen atoms in total. The summed E-state index contributed by atoms with van der Waals surface area (Å²) < 4.78 is 14.5. The molecular weight excluding hydrogens is 467 g/mol. The maximum atomic E-state index is 14.5. The lowest BCUT2D eigenvalue weighted by molar-refractivity contribution is 0.421. The summed E-state index contributed by atoms with van der Waals surface area (Å²) in [7, 11) is 0. The molecule has 1 atom stereocenters. The van der Waals surface area contributed by atoms with Crippen molar-refractivity contribution in [1.29, 1.82) is 0 Å².